The van der Waals surface area contributed by atoms with Gasteiger partial charge in [0.25, 0.3) is 0 Å². The first-order valence-electron chi connectivity index (χ1n) is 6.73. The molecule has 1 N–H and O–H groups in total. The van der Waals surface area contributed by atoms with Crippen LogP contribution in [-0.4, -0.2) is 16.3 Å². The van der Waals surface area contributed by atoms with E-state index in [-0.39, 0.29) is 0 Å². The second-order valence-electron chi connectivity index (χ2n) is 5.95. The van der Waals surface area contributed by atoms with Gasteiger partial charge in [0.15, 0.2) is 0 Å². The first kappa shape index (κ1) is 14.2. The molecule has 3 nitrogen and oxygen atoms in total. The predicted molar refractivity (Wildman–Crippen MR) is 72.9 cm³/mol. The minimum atomic E-state index is 0.429. The van der Waals surface area contributed by atoms with Crippen molar-refractivity contribution >= 4 is 0 Å². The third kappa shape index (κ3) is 6.47. The summed E-state index contributed by atoms with van der Waals surface area (Å²) in [4.78, 5) is 0. The SMILES string of the molecule is CCCNCc1cnn(CCCC(C)(C)C)c1. The molecule has 1 rings (SSSR count). The van der Waals surface area contributed by atoms with E-state index in [2.05, 4.69) is 49.0 Å². The summed E-state index contributed by atoms with van der Waals surface area (Å²) in [6, 6.07) is 0. The van der Waals surface area contributed by atoms with Crippen molar-refractivity contribution < 1.29 is 0 Å². The van der Waals surface area contributed by atoms with Crippen molar-refractivity contribution in [2.24, 2.45) is 5.41 Å². The molecule has 0 unspecified atom stereocenters. The number of nitrogens with one attached hydrogen (secondary N) is 1. The van der Waals surface area contributed by atoms with E-state index in [1.54, 1.807) is 0 Å². The maximum absolute atomic E-state index is 4.39. The lowest BCUT2D eigenvalue weighted by molar-refractivity contribution is 0.349. The summed E-state index contributed by atoms with van der Waals surface area (Å²) in [7, 11) is 0. The second-order valence-corrected chi connectivity index (χ2v) is 5.95. The number of aromatic nitrogens is 2. The van der Waals surface area contributed by atoms with Gasteiger partial charge >= 0.3 is 0 Å². The molecule has 0 fully saturated rings. The lowest BCUT2D eigenvalue weighted by Gasteiger charge is -2.17. The maximum atomic E-state index is 4.39. The number of nitrogens with zero attached hydrogens (tertiary/aromatic N) is 2. The molecule has 0 saturated carbocycles. The molecule has 0 amide bonds. The molecule has 0 atom stereocenters. The molecule has 0 aliphatic rings. The molecule has 1 heterocycles. The highest BCUT2D eigenvalue weighted by Gasteiger charge is 2.09. The summed E-state index contributed by atoms with van der Waals surface area (Å²) >= 11 is 0. The van der Waals surface area contributed by atoms with Crippen LogP contribution in [0.3, 0.4) is 0 Å². The van der Waals surface area contributed by atoms with Gasteiger partial charge in [-0.2, -0.15) is 5.10 Å². The first-order chi connectivity index (χ1) is 8.01. The number of hydrogen-bond donors (Lipinski definition) is 1. The van der Waals surface area contributed by atoms with Crippen LogP contribution in [-0.2, 0) is 13.1 Å². The van der Waals surface area contributed by atoms with Crippen LogP contribution in [0.2, 0.25) is 0 Å². The van der Waals surface area contributed by atoms with E-state index in [1.165, 1.54) is 24.8 Å². The minimum Gasteiger partial charge on any atom is -0.313 e. The largest absolute Gasteiger partial charge is 0.313 e. The fourth-order valence-corrected chi connectivity index (χ4v) is 1.80. The van der Waals surface area contributed by atoms with Gasteiger partial charge in [0, 0.05) is 24.8 Å². The molecule has 1 aromatic heterocycles. The summed E-state index contributed by atoms with van der Waals surface area (Å²) in [5.74, 6) is 0. The number of aryl methyl sites for hydroxylation is 1. The lowest BCUT2D eigenvalue weighted by atomic mass is 9.91. The average Bonchev–Trinajstić information content (AvgIpc) is 2.64. The van der Waals surface area contributed by atoms with Crippen molar-refractivity contribution in [2.45, 2.75) is 60.0 Å². The maximum Gasteiger partial charge on any atom is 0.0534 e. The highest BCUT2D eigenvalue weighted by atomic mass is 15.3. The summed E-state index contributed by atoms with van der Waals surface area (Å²) in [5, 5.41) is 7.78. The van der Waals surface area contributed by atoms with Crippen LogP contribution in [0.5, 0.6) is 0 Å². The average molecular weight is 237 g/mol. The molecule has 0 saturated heterocycles. The fourth-order valence-electron chi connectivity index (χ4n) is 1.80. The Kier molecular flexibility index (Phi) is 5.69. The zero-order valence-electron chi connectivity index (χ0n) is 11.8. The van der Waals surface area contributed by atoms with Crippen LogP contribution in [0, 0.1) is 5.41 Å². The van der Waals surface area contributed by atoms with Gasteiger partial charge in [0.1, 0.15) is 0 Å². The third-order valence-corrected chi connectivity index (χ3v) is 2.76. The number of rotatable bonds is 7. The summed E-state index contributed by atoms with van der Waals surface area (Å²) < 4.78 is 2.06. The molecular weight excluding hydrogens is 210 g/mol. The van der Waals surface area contributed by atoms with Gasteiger partial charge in [-0.05, 0) is 31.2 Å². The van der Waals surface area contributed by atoms with Gasteiger partial charge in [-0.15, -0.1) is 0 Å². The van der Waals surface area contributed by atoms with Crippen molar-refractivity contribution in [3.63, 3.8) is 0 Å². The van der Waals surface area contributed by atoms with Gasteiger partial charge < -0.3 is 5.32 Å². The standard InChI is InChI=1S/C14H27N3/c1-5-8-15-10-13-11-16-17(12-13)9-6-7-14(2,3)4/h11-12,15H,5-10H2,1-4H3. The Bertz CT molecular complexity index is 310. The molecule has 17 heavy (non-hydrogen) atoms. The van der Waals surface area contributed by atoms with Crippen LogP contribution < -0.4 is 5.32 Å². The van der Waals surface area contributed by atoms with E-state index in [0.29, 0.717) is 5.41 Å². The Morgan fingerprint density at radius 2 is 2.12 bits per heavy atom. The predicted octanol–water partition coefficient (Wildman–Crippen LogP) is 3.21. The smallest absolute Gasteiger partial charge is 0.0534 e. The molecule has 3 heteroatoms. The molecule has 0 bridgehead atoms. The van der Waals surface area contributed by atoms with E-state index in [1.807, 2.05) is 6.20 Å². The minimum absolute atomic E-state index is 0.429. The normalized spacial score (nSPS) is 12.0. The van der Waals surface area contributed by atoms with Crippen LogP contribution in [0.1, 0.15) is 52.5 Å². The third-order valence-electron chi connectivity index (χ3n) is 2.76. The van der Waals surface area contributed by atoms with E-state index < -0.39 is 0 Å². The molecule has 98 valence electrons. The van der Waals surface area contributed by atoms with Crippen LogP contribution in [0.4, 0.5) is 0 Å². The zero-order valence-corrected chi connectivity index (χ0v) is 11.8. The summed E-state index contributed by atoms with van der Waals surface area (Å²) in [6.45, 7) is 12.1. The zero-order chi connectivity index (χ0) is 12.7. The molecule has 1 aromatic rings. The molecule has 0 spiro atoms. The van der Waals surface area contributed by atoms with Gasteiger partial charge in [-0.1, -0.05) is 27.7 Å². The van der Waals surface area contributed by atoms with E-state index in [9.17, 15) is 0 Å². The monoisotopic (exact) mass is 237 g/mol. The lowest BCUT2D eigenvalue weighted by Crippen LogP contribution is -2.13. The summed E-state index contributed by atoms with van der Waals surface area (Å²) in [5.41, 5.74) is 1.72. The molecule has 0 radical (unpaired) electrons. The van der Waals surface area contributed by atoms with Gasteiger partial charge in [-0.3, -0.25) is 4.68 Å². The topological polar surface area (TPSA) is 29.9 Å². The van der Waals surface area contributed by atoms with Crippen molar-refractivity contribution in [3.8, 4) is 0 Å². The van der Waals surface area contributed by atoms with E-state index >= 15 is 0 Å². The Morgan fingerprint density at radius 3 is 2.76 bits per heavy atom. The van der Waals surface area contributed by atoms with E-state index in [0.717, 1.165) is 19.6 Å². The van der Waals surface area contributed by atoms with Crippen LogP contribution in [0.15, 0.2) is 12.4 Å². The Morgan fingerprint density at radius 1 is 1.35 bits per heavy atom. The Hall–Kier alpha value is -0.830. The fraction of sp³-hybridized carbons (Fsp3) is 0.786. The Balaban J connectivity index is 2.26. The highest BCUT2D eigenvalue weighted by Crippen LogP contribution is 2.20. The van der Waals surface area contributed by atoms with Gasteiger partial charge in [0.05, 0.1) is 6.20 Å². The van der Waals surface area contributed by atoms with Gasteiger partial charge in [-0.25, -0.2) is 0 Å². The molecular formula is C14H27N3. The van der Waals surface area contributed by atoms with Crippen LogP contribution in [0.25, 0.3) is 0 Å². The second kappa shape index (κ2) is 6.80. The summed E-state index contributed by atoms with van der Waals surface area (Å²) in [6.07, 6.45) is 7.76. The molecule has 0 aliphatic heterocycles. The number of hydrogen-bond acceptors (Lipinski definition) is 2. The van der Waals surface area contributed by atoms with Gasteiger partial charge in [0.2, 0.25) is 0 Å². The van der Waals surface area contributed by atoms with Crippen LogP contribution >= 0.6 is 0 Å². The van der Waals surface area contributed by atoms with Crippen molar-refractivity contribution in [3.05, 3.63) is 18.0 Å². The Labute approximate surface area is 106 Å². The van der Waals surface area contributed by atoms with E-state index in [4.69, 9.17) is 0 Å². The van der Waals surface area contributed by atoms with Crippen molar-refractivity contribution in [2.75, 3.05) is 6.54 Å². The molecule has 0 aliphatic carbocycles. The highest BCUT2D eigenvalue weighted by molar-refractivity contribution is 5.03. The van der Waals surface area contributed by atoms with Crippen molar-refractivity contribution in [1.82, 2.24) is 15.1 Å². The first-order valence-corrected chi connectivity index (χ1v) is 6.73. The van der Waals surface area contributed by atoms with Crippen molar-refractivity contribution in [1.29, 1.82) is 0 Å². The molecule has 0 aromatic carbocycles. The quantitative estimate of drug-likeness (QED) is 0.738.